The molecular formula is C12H16N2O2. The Morgan fingerprint density at radius 2 is 2.31 bits per heavy atom. The molecule has 1 aromatic carbocycles. The number of anilines is 1. The second-order valence-corrected chi connectivity index (χ2v) is 3.92. The molecule has 1 heterocycles. The largest absolute Gasteiger partial charge is 0.508 e. The van der Waals surface area contributed by atoms with Gasteiger partial charge in [-0.3, -0.25) is 0 Å². The van der Waals surface area contributed by atoms with Gasteiger partial charge in [0.2, 0.25) is 0 Å². The van der Waals surface area contributed by atoms with Gasteiger partial charge in [-0.25, -0.2) is 0 Å². The van der Waals surface area contributed by atoms with Crippen LogP contribution in [0.5, 0.6) is 5.75 Å². The van der Waals surface area contributed by atoms with Crippen LogP contribution in [0.3, 0.4) is 0 Å². The van der Waals surface area contributed by atoms with Gasteiger partial charge in [0, 0.05) is 30.1 Å². The Bertz CT molecular complexity index is 373. The van der Waals surface area contributed by atoms with Crippen molar-refractivity contribution in [3.63, 3.8) is 0 Å². The van der Waals surface area contributed by atoms with Crippen molar-refractivity contribution in [3.8, 4) is 5.75 Å². The minimum atomic E-state index is -0.00532. The van der Waals surface area contributed by atoms with E-state index in [-0.39, 0.29) is 12.0 Å². The Labute approximate surface area is 94.8 Å². The molecule has 2 rings (SSSR count). The van der Waals surface area contributed by atoms with Crippen LogP contribution in [-0.2, 0) is 4.74 Å². The summed E-state index contributed by atoms with van der Waals surface area (Å²) in [7, 11) is 0. The van der Waals surface area contributed by atoms with Gasteiger partial charge < -0.3 is 20.6 Å². The molecule has 86 valence electrons. The quantitative estimate of drug-likeness (QED) is 0.685. The molecule has 1 aliphatic rings. The number of nitrogens with one attached hydrogen (secondary N) is 2. The third-order valence-electron chi connectivity index (χ3n) is 2.69. The summed E-state index contributed by atoms with van der Waals surface area (Å²) >= 11 is 0. The summed E-state index contributed by atoms with van der Waals surface area (Å²) in [5.41, 5.74) is 1.51. The Hall–Kier alpha value is -1.55. The zero-order chi connectivity index (χ0) is 11.4. The predicted molar refractivity (Wildman–Crippen MR) is 63.2 cm³/mol. The molecule has 0 spiro atoms. The van der Waals surface area contributed by atoms with Crippen LogP contribution in [0, 0.1) is 5.41 Å². The van der Waals surface area contributed by atoms with Gasteiger partial charge >= 0.3 is 0 Å². The molecule has 0 bridgehead atoms. The van der Waals surface area contributed by atoms with Gasteiger partial charge in [-0.1, -0.05) is 0 Å². The normalized spacial score (nSPS) is 20.4. The fourth-order valence-corrected chi connectivity index (χ4v) is 1.82. The summed E-state index contributed by atoms with van der Waals surface area (Å²) in [4.78, 5) is 0. The lowest BCUT2D eigenvalue weighted by atomic mass is 10.1. The molecule has 4 heteroatoms. The Morgan fingerprint density at radius 3 is 3.00 bits per heavy atom. The van der Waals surface area contributed by atoms with E-state index in [0.29, 0.717) is 0 Å². The summed E-state index contributed by atoms with van der Waals surface area (Å²) in [6.07, 6.45) is 4.48. The molecule has 1 atom stereocenters. The van der Waals surface area contributed by atoms with Crippen LogP contribution in [-0.4, -0.2) is 24.2 Å². The van der Waals surface area contributed by atoms with Gasteiger partial charge in [-0.15, -0.1) is 0 Å². The summed E-state index contributed by atoms with van der Waals surface area (Å²) in [6, 6.07) is 4.92. The standard InChI is InChI=1S/C12H16N2O2/c13-8-9-4-5-10(15)7-11(9)14-12-3-1-2-6-16-12/h4-5,7-8,12-15H,1-3,6H2. The number of phenols is 1. The fraction of sp³-hybridized carbons (Fsp3) is 0.417. The van der Waals surface area contributed by atoms with E-state index in [2.05, 4.69) is 5.32 Å². The molecule has 4 nitrogen and oxygen atoms in total. The van der Waals surface area contributed by atoms with E-state index in [0.717, 1.165) is 37.1 Å². The summed E-state index contributed by atoms with van der Waals surface area (Å²) in [6.45, 7) is 0.774. The molecule has 1 saturated heterocycles. The highest BCUT2D eigenvalue weighted by Gasteiger charge is 2.14. The molecule has 3 N–H and O–H groups in total. The van der Waals surface area contributed by atoms with E-state index >= 15 is 0 Å². The summed E-state index contributed by atoms with van der Waals surface area (Å²) in [5, 5.41) is 19.9. The molecule has 0 radical (unpaired) electrons. The van der Waals surface area contributed by atoms with Crippen molar-refractivity contribution in [1.82, 2.24) is 0 Å². The highest BCUT2D eigenvalue weighted by atomic mass is 16.5. The molecule has 1 fully saturated rings. The lowest BCUT2D eigenvalue weighted by Crippen LogP contribution is -2.27. The van der Waals surface area contributed by atoms with Crippen molar-refractivity contribution in [3.05, 3.63) is 23.8 Å². The van der Waals surface area contributed by atoms with Gasteiger partial charge in [-0.2, -0.15) is 0 Å². The zero-order valence-corrected chi connectivity index (χ0v) is 9.07. The van der Waals surface area contributed by atoms with Crippen LogP contribution in [0.4, 0.5) is 5.69 Å². The average Bonchev–Trinajstić information content (AvgIpc) is 2.31. The molecule has 0 saturated carbocycles. The highest BCUT2D eigenvalue weighted by Crippen LogP contribution is 2.23. The second-order valence-electron chi connectivity index (χ2n) is 3.92. The SMILES string of the molecule is N=Cc1ccc(O)cc1NC1CCCCO1. The van der Waals surface area contributed by atoms with Crippen molar-refractivity contribution >= 4 is 11.9 Å². The van der Waals surface area contributed by atoms with Crippen LogP contribution >= 0.6 is 0 Å². The topological polar surface area (TPSA) is 65.3 Å². The van der Waals surface area contributed by atoms with Crippen molar-refractivity contribution in [2.24, 2.45) is 0 Å². The highest BCUT2D eigenvalue weighted by molar-refractivity contribution is 5.86. The smallest absolute Gasteiger partial charge is 0.127 e. The first-order chi connectivity index (χ1) is 7.79. The number of phenolic OH excluding ortho intramolecular Hbond substituents is 1. The van der Waals surface area contributed by atoms with Crippen molar-refractivity contribution in [2.45, 2.75) is 25.5 Å². The summed E-state index contributed by atoms with van der Waals surface area (Å²) < 4.78 is 5.55. The van der Waals surface area contributed by atoms with E-state index in [4.69, 9.17) is 10.1 Å². The second kappa shape index (κ2) is 4.99. The first-order valence-corrected chi connectivity index (χ1v) is 5.51. The van der Waals surface area contributed by atoms with E-state index in [1.165, 1.54) is 6.21 Å². The molecule has 1 aliphatic heterocycles. The number of rotatable bonds is 3. The maximum atomic E-state index is 9.41. The van der Waals surface area contributed by atoms with E-state index in [9.17, 15) is 5.11 Å². The lowest BCUT2D eigenvalue weighted by molar-refractivity contribution is 0.0343. The predicted octanol–water partition coefficient (Wildman–Crippen LogP) is 2.33. The first kappa shape index (κ1) is 11.0. The Kier molecular flexibility index (Phi) is 3.41. The number of benzene rings is 1. The first-order valence-electron chi connectivity index (χ1n) is 5.51. The van der Waals surface area contributed by atoms with Gasteiger partial charge in [-0.05, 0) is 31.4 Å². The zero-order valence-electron chi connectivity index (χ0n) is 9.07. The maximum Gasteiger partial charge on any atom is 0.127 e. The van der Waals surface area contributed by atoms with Gasteiger partial charge in [0.05, 0.1) is 0 Å². The van der Waals surface area contributed by atoms with E-state index in [1.807, 2.05) is 0 Å². The van der Waals surface area contributed by atoms with Crippen molar-refractivity contribution in [1.29, 1.82) is 5.41 Å². The minimum absolute atomic E-state index is 0.00532. The Balaban J connectivity index is 2.12. The van der Waals surface area contributed by atoms with Gasteiger partial charge in [0.1, 0.15) is 12.0 Å². The van der Waals surface area contributed by atoms with Crippen molar-refractivity contribution < 1.29 is 9.84 Å². The molecule has 1 unspecified atom stereocenters. The fourth-order valence-electron chi connectivity index (χ4n) is 1.82. The van der Waals surface area contributed by atoms with Crippen LogP contribution in [0.1, 0.15) is 24.8 Å². The maximum absolute atomic E-state index is 9.41. The van der Waals surface area contributed by atoms with Crippen molar-refractivity contribution in [2.75, 3.05) is 11.9 Å². The van der Waals surface area contributed by atoms with Crippen LogP contribution in [0.25, 0.3) is 0 Å². The number of hydrogen-bond donors (Lipinski definition) is 3. The van der Waals surface area contributed by atoms with E-state index in [1.54, 1.807) is 18.2 Å². The minimum Gasteiger partial charge on any atom is -0.508 e. The van der Waals surface area contributed by atoms with Crippen LogP contribution in [0.2, 0.25) is 0 Å². The Morgan fingerprint density at radius 1 is 1.44 bits per heavy atom. The molecule has 0 aliphatic carbocycles. The van der Waals surface area contributed by atoms with Gasteiger partial charge in [0.15, 0.2) is 0 Å². The average molecular weight is 220 g/mol. The molecule has 1 aromatic rings. The summed E-state index contributed by atoms with van der Waals surface area (Å²) in [5.74, 6) is 0.198. The molecular weight excluding hydrogens is 204 g/mol. The van der Waals surface area contributed by atoms with E-state index < -0.39 is 0 Å². The van der Waals surface area contributed by atoms with Crippen LogP contribution in [0.15, 0.2) is 18.2 Å². The molecule has 16 heavy (non-hydrogen) atoms. The third kappa shape index (κ3) is 2.52. The molecule has 0 aromatic heterocycles. The third-order valence-corrected chi connectivity index (χ3v) is 2.69. The molecule has 0 amide bonds. The number of aromatic hydroxyl groups is 1. The van der Waals surface area contributed by atoms with Crippen LogP contribution < -0.4 is 5.32 Å². The number of ether oxygens (including phenoxy) is 1. The van der Waals surface area contributed by atoms with Gasteiger partial charge in [0.25, 0.3) is 0 Å². The lowest BCUT2D eigenvalue weighted by Gasteiger charge is -2.25. The number of hydrogen-bond acceptors (Lipinski definition) is 4. The monoisotopic (exact) mass is 220 g/mol.